The minimum Gasteiger partial charge on any atom is -0.496 e. The fraction of sp³-hybridized carbons (Fsp3) is 0.174. The summed E-state index contributed by atoms with van der Waals surface area (Å²) in [5.74, 6) is -0.0251. The van der Waals surface area contributed by atoms with Gasteiger partial charge in [-0.05, 0) is 48.5 Å². The lowest BCUT2D eigenvalue weighted by Crippen LogP contribution is -2.33. The van der Waals surface area contributed by atoms with E-state index in [1.165, 1.54) is 36.5 Å². The Kier molecular flexibility index (Phi) is 7.37. The first-order valence-electron chi connectivity index (χ1n) is 10.3. The lowest BCUT2D eigenvalue weighted by molar-refractivity contribution is -0.384. The molecule has 2 aromatic carbocycles. The molecule has 1 aliphatic rings. The second-order valence-corrected chi connectivity index (χ2v) is 8.98. The van der Waals surface area contributed by atoms with E-state index < -0.39 is 16.1 Å². The van der Waals surface area contributed by atoms with Crippen LogP contribution in [0.3, 0.4) is 0 Å². The topological polar surface area (TPSA) is 127 Å². The molecule has 1 unspecified atom stereocenters. The number of ether oxygens (including phenoxy) is 1. The summed E-state index contributed by atoms with van der Waals surface area (Å²) in [4.78, 5) is 42.7. The average Bonchev–Trinajstić information content (AvgIpc) is 3.45. The molecule has 3 aromatic rings. The number of halogens is 1. The van der Waals surface area contributed by atoms with Crippen molar-refractivity contribution in [2.45, 2.75) is 18.2 Å². The van der Waals surface area contributed by atoms with Gasteiger partial charge < -0.3 is 14.5 Å². The summed E-state index contributed by atoms with van der Waals surface area (Å²) in [5.41, 5.74) is 0.291. The highest BCUT2D eigenvalue weighted by molar-refractivity contribution is 8.15. The summed E-state index contributed by atoms with van der Waals surface area (Å²) in [6.45, 7) is 0.146. The minimum atomic E-state index is -0.770. The van der Waals surface area contributed by atoms with Gasteiger partial charge >= 0.3 is 0 Å². The molecule has 35 heavy (non-hydrogen) atoms. The number of nitro benzene ring substituents is 1. The van der Waals surface area contributed by atoms with E-state index in [4.69, 9.17) is 20.8 Å². The van der Waals surface area contributed by atoms with Gasteiger partial charge in [0.25, 0.3) is 5.69 Å². The summed E-state index contributed by atoms with van der Waals surface area (Å²) in [7, 11) is 1.39. The van der Waals surface area contributed by atoms with Gasteiger partial charge in [0.05, 0.1) is 36.6 Å². The number of rotatable bonds is 8. The van der Waals surface area contributed by atoms with Gasteiger partial charge in [0.1, 0.15) is 22.4 Å². The molecule has 1 aliphatic heterocycles. The van der Waals surface area contributed by atoms with Crippen molar-refractivity contribution >= 4 is 57.4 Å². The summed E-state index contributed by atoms with van der Waals surface area (Å²) < 4.78 is 10.4. The standard InChI is InChI=1S/C23H19ClN4O6S/c1-33-16-8-9-18(19(11-16)28(31)32)26-21(29)12-20-22(30)27(13-17-3-2-10-34-17)23(35-20)25-15-6-4-14(24)5-7-15/h2-11,20H,12-13H2,1H3,(H,26,29). The molecule has 4 rings (SSSR count). The molecule has 2 heterocycles. The highest BCUT2D eigenvalue weighted by Gasteiger charge is 2.39. The molecule has 0 bridgehead atoms. The molecule has 10 nitrogen and oxygen atoms in total. The summed E-state index contributed by atoms with van der Waals surface area (Å²) in [6.07, 6.45) is 1.30. The number of hydrogen-bond acceptors (Lipinski definition) is 8. The van der Waals surface area contributed by atoms with Gasteiger partial charge in [0.2, 0.25) is 11.8 Å². The van der Waals surface area contributed by atoms with Gasteiger partial charge in [-0.15, -0.1) is 0 Å². The van der Waals surface area contributed by atoms with E-state index in [0.29, 0.717) is 21.6 Å². The zero-order chi connectivity index (χ0) is 24.9. The zero-order valence-corrected chi connectivity index (χ0v) is 19.9. The highest BCUT2D eigenvalue weighted by Crippen LogP contribution is 2.34. The van der Waals surface area contributed by atoms with Crippen LogP contribution in [0.4, 0.5) is 17.1 Å². The van der Waals surface area contributed by atoms with Crippen molar-refractivity contribution in [2.24, 2.45) is 4.99 Å². The Balaban J connectivity index is 1.53. The number of thioether (sulfide) groups is 1. The van der Waals surface area contributed by atoms with Gasteiger partial charge in [-0.2, -0.15) is 0 Å². The molecule has 1 atom stereocenters. The van der Waals surface area contributed by atoms with Crippen LogP contribution in [0, 0.1) is 10.1 Å². The molecule has 2 amide bonds. The number of furan rings is 1. The Labute approximate surface area is 209 Å². The van der Waals surface area contributed by atoms with Crippen LogP contribution in [0.1, 0.15) is 12.2 Å². The zero-order valence-electron chi connectivity index (χ0n) is 18.3. The van der Waals surface area contributed by atoms with Crippen molar-refractivity contribution in [3.8, 4) is 5.75 Å². The van der Waals surface area contributed by atoms with Crippen LogP contribution < -0.4 is 10.1 Å². The number of benzene rings is 2. The maximum atomic E-state index is 13.2. The van der Waals surface area contributed by atoms with Crippen molar-refractivity contribution in [1.29, 1.82) is 0 Å². The Morgan fingerprint density at radius 2 is 2.06 bits per heavy atom. The van der Waals surface area contributed by atoms with Gasteiger partial charge in [-0.25, -0.2) is 4.99 Å². The van der Waals surface area contributed by atoms with Crippen LogP contribution in [0.5, 0.6) is 5.75 Å². The molecular weight excluding hydrogens is 496 g/mol. The number of carbonyl (C=O) groups excluding carboxylic acids is 2. The molecule has 0 saturated carbocycles. The maximum absolute atomic E-state index is 13.2. The predicted molar refractivity (Wildman–Crippen MR) is 132 cm³/mol. The lowest BCUT2D eigenvalue weighted by Gasteiger charge is -2.15. The van der Waals surface area contributed by atoms with Gasteiger partial charge in [0, 0.05) is 11.4 Å². The van der Waals surface area contributed by atoms with E-state index in [-0.39, 0.29) is 36.0 Å². The lowest BCUT2D eigenvalue weighted by atomic mass is 10.2. The first kappa shape index (κ1) is 24.3. The highest BCUT2D eigenvalue weighted by atomic mass is 35.5. The number of anilines is 1. The fourth-order valence-corrected chi connectivity index (χ4v) is 4.60. The van der Waals surface area contributed by atoms with Crippen molar-refractivity contribution in [2.75, 3.05) is 12.4 Å². The molecule has 1 saturated heterocycles. The Morgan fingerprint density at radius 3 is 2.71 bits per heavy atom. The van der Waals surface area contributed by atoms with E-state index in [2.05, 4.69) is 10.3 Å². The number of amides is 2. The fourth-order valence-electron chi connectivity index (χ4n) is 3.32. The van der Waals surface area contributed by atoms with Crippen LogP contribution in [0.25, 0.3) is 0 Å². The summed E-state index contributed by atoms with van der Waals surface area (Å²) >= 11 is 7.09. The number of carbonyl (C=O) groups is 2. The third-order valence-corrected chi connectivity index (χ3v) is 6.44. The largest absolute Gasteiger partial charge is 0.496 e. The summed E-state index contributed by atoms with van der Waals surface area (Å²) in [6, 6.07) is 14.4. The quantitative estimate of drug-likeness (QED) is 0.330. The first-order chi connectivity index (χ1) is 16.8. The molecule has 12 heteroatoms. The van der Waals surface area contributed by atoms with Crippen LogP contribution >= 0.6 is 23.4 Å². The SMILES string of the molecule is COc1ccc(NC(=O)CC2SC(=Nc3ccc(Cl)cc3)N(Cc3ccco3)C2=O)c([N+](=O)[O-])c1. The van der Waals surface area contributed by atoms with E-state index in [1.807, 2.05) is 0 Å². The second kappa shape index (κ2) is 10.6. The second-order valence-electron chi connectivity index (χ2n) is 7.37. The number of aliphatic imine (C=N–C) groups is 1. The van der Waals surface area contributed by atoms with Crippen LogP contribution in [-0.4, -0.2) is 39.2 Å². The van der Waals surface area contributed by atoms with Crippen molar-refractivity contribution in [3.05, 3.63) is 81.8 Å². The third-order valence-electron chi connectivity index (χ3n) is 5.01. The molecule has 1 fully saturated rings. The predicted octanol–water partition coefficient (Wildman–Crippen LogP) is 5.01. The number of nitrogens with one attached hydrogen (secondary N) is 1. The van der Waals surface area contributed by atoms with Crippen molar-refractivity contribution < 1.29 is 23.7 Å². The number of nitrogens with zero attached hydrogens (tertiary/aromatic N) is 3. The van der Waals surface area contributed by atoms with Gasteiger partial charge in [0.15, 0.2) is 5.17 Å². The molecular formula is C23H19ClN4O6S. The Hall–Kier alpha value is -3.83. The third kappa shape index (κ3) is 5.81. The molecule has 0 aliphatic carbocycles. The van der Waals surface area contributed by atoms with Crippen molar-refractivity contribution in [3.63, 3.8) is 0 Å². The van der Waals surface area contributed by atoms with E-state index in [9.17, 15) is 19.7 Å². The Bertz CT molecular complexity index is 1280. The van der Waals surface area contributed by atoms with Gasteiger partial charge in [-0.1, -0.05) is 23.4 Å². The summed E-state index contributed by atoms with van der Waals surface area (Å²) in [5, 5.41) is 14.1. The molecule has 1 aromatic heterocycles. The number of nitro groups is 1. The van der Waals surface area contributed by atoms with Crippen LogP contribution in [0.2, 0.25) is 5.02 Å². The number of methoxy groups -OCH3 is 1. The Morgan fingerprint density at radius 1 is 1.29 bits per heavy atom. The van der Waals surface area contributed by atoms with Crippen molar-refractivity contribution in [1.82, 2.24) is 4.90 Å². The van der Waals surface area contributed by atoms with Gasteiger partial charge in [-0.3, -0.25) is 24.6 Å². The monoisotopic (exact) mass is 514 g/mol. The first-order valence-corrected chi connectivity index (χ1v) is 11.6. The average molecular weight is 515 g/mol. The van der Waals surface area contributed by atoms with E-state index >= 15 is 0 Å². The maximum Gasteiger partial charge on any atom is 0.296 e. The van der Waals surface area contributed by atoms with Crippen LogP contribution in [-0.2, 0) is 16.1 Å². The molecule has 180 valence electrons. The smallest absolute Gasteiger partial charge is 0.296 e. The molecule has 0 radical (unpaired) electrons. The van der Waals surface area contributed by atoms with Crippen LogP contribution in [0.15, 0.2) is 70.3 Å². The van der Waals surface area contributed by atoms with E-state index in [0.717, 1.165) is 11.8 Å². The number of amidine groups is 1. The number of hydrogen-bond donors (Lipinski definition) is 1. The molecule has 0 spiro atoms. The molecule has 1 N–H and O–H groups in total. The normalized spacial score (nSPS) is 16.5. The van der Waals surface area contributed by atoms with E-state index in [1.54, 1.807) is 36.4 Å². The minimum absolute atomic E-state index is 0.0127.